The van der Waals surface area contributed by atoms with Gasteiger partial charge in [-0.2, -0.15) is 10.4 Å². The standard InChI is InChI=1S/C31H38N6O2/c1-22(2)36-20-31(39,21-36)27-9-7-24(8-10-27)26-17-29-28(11-12-33-37(29)19-26)34-13-15-35(16-14-34)30(38)25-5-3-23(18-32)4-6-25/h7-12,17,19,22-23,25,39H,3-6,13-16,20-21H2,1-2H3. The molecule has 39 heavy (non-hydrogen) atoms. The highest BCUT2D eigenvalue weighted by molar-refractivity contribution is 5.81. The molecule has 8 nitrogen and oxygen atoms in total. The fourth-order valence-electron chi connectivity index (χ4n) is 6.47. The van der Waals surface area contributed by atoms with Gasteiger partial charge in [0.15, 0.2) is 0 Å². The van der Waals surface area contributed by atoms with Gasteiger partial charge in [0, 0.05) is 75.1 Å². The maximum atomic E-state index is 13.1. The third-order valence-electron chi connectivity index (χ3n) is 9.09. The van der Waals surface area contributed by atoms with Crippen molar-refractivity contribution in [3.63, 3.8) is 0 Å². The highest BCUT2D eigenvalue weighted by atomic mass is 16.3. The largest absolute Gasteiger partial charge is 0.382 e. The smallest absolute Gasteiger partial charge is 0.225 e. The normalized spacial score (nSPS) is 23.6. The van der Waals surface area contributed by atoms with Gasteiger partial charge < -0.3 is 14.9 Å². The fourth-order valence-corrected chi connectivity index (χ4v) is 6.47. The molecule has 1 amide bonds. The van der Waals surface area contributed by atoms with Crippen molar-refractivity contribution in [1.29, 1.82) is 5.26 Å². The number of carbonyl (C=O) groups is 1. The Morgan fingerprint density at radius 3 is 2.36 bits per heavy atom. The van der Waals surface area contributed by atoms with Gasteiger partial charge in [-0.3, -0.25) is 9.69 Å². The molecular formula is C31H38N6O2. The van der Waals surface area contributed by atoms with Crippen molar-refractivity contribution in [2.45, 2.75) is 51.2 Å². The van der Waals surface area contributed by atoms with Gasteiger partial charge in [-0.25, -0.2) is 4.52 Å². The number of fused-ring (bicyclic) bond motifs is 1. The number of hydrogen-bond acceptors (Lipinski definition) is 6. The lowest BCUT2D eigenvalue weighted by molar-refractivity contribution is -0.137. The third-order valence-corrected chi connectivity index (χ3v) is 9.09. The zero-order chi connectivity index (χ0) is 27.1. The molecule has 0 atom stereocenters. The number of rotatable bonds is 5. The van der Waals surface area contributed by atoms with Crippen LogP contribution in [-0.2, 0) is 10.4 Å². The Hall–Kier alpha value is -3.41. The van der Waals surface area contributed by atoms with Crippen LogP contribution in [-0.4, -0.2) is 75.7 Å². The van der Waals surface area contributed by atoms with Crippen molar-refractivity contribution in [1.82, 2.24) is 19.4 Å². The minimum atomic E-state index is -0.761. The van der Waals surface area contributed by atoms with Crippen LogP contribution in [0.5, 0.6) is 0 Å². The number of β-amino-alcohol motifs (C(OH)–C–C–N with tert-alkyl or cyclic N) is 1. The number of aromatic nitrogens is 2. The predicted octanol–water partition coefficient (Wildman–Crippen LogP) is 3.89. The SMILES string of the molecule is CC(C)N1CC(O)(c2ccc(-c3cc4c(N5CCN(C(=O)C6CCC(C#N)CC6)CC5)ccnn4c3)cc2)C1. The van der Waals surface area contributed by atoms with E-state index >= 15 is 0 Å². The first-order chi connectivity index (χ1) is 18.8. The van der Waals surface area contributed by atoms with Crippen molar-refractivity contribution >= 4 is 17.1 Å². The quantitative estimate of drug-likeness (QED) is 0.543. The van der Waals surface area contributed by atoms with Crippen LogP contribution >= 0.6 is 0 Å². The first kappa shape index (κ1) is 25.8. The summed E-state index contributed by atoms with van der Waals surface area (Å²) in [5, 5.41) is 24.7. The van der Waals surface area contributed by atoms with Gasteiger partial charge in [-0.05, 0) is 62.8 Å². The molecule has 204 valence electrons. The summed E-state index contributed by atoms with van der Waals surface area (Å²) in [6.45, 7) is 8.69. The van der Waals surface area contributed by atoms with Gasteiger partial charge in [-0.1, -0.05) is 24.3 Å². The molecule has 4 heterocycles. The molecule has 0 bridgehead atoms. The van der Waals surface area contributed by atoms with Gasteiger partial charge in [0.1, 0.15) is 5.60 Å². The predicted molar refractivity (Wildman–Crippen MR) is 151 cm³/mol. The Bertz CT molecular complexity index is 1370. The third kappa shape index (κ3) is 4.90. The fraction of sp³-hybridized carbons (Fsp3) is 0.516. The van der Waals surface area contributed by atoms with Crippen molar-refractivity contribution in [2.75, 3.05) is 44.2 Å². The molecular weight excluding hydrogens is 488 g/mol. The lowest BCUT2D eigenvalue weighted by Gasteiger charge is -2.49. The Kier molecular flexibility index (Phi) is 6.82. The van der Waals surface area contributed by atoms with E-state index in [0.717, 1.165) is 79.8 Å². The molecule has 3 aliphatic rings. The van der Waals surface area contributed by atoms with Gasteiger partial charge in [0.25, 0.3) is 0 Å². The number of benzene rings is 1. The molecule has 3 fully saturated rings. The summed E-state index contributed by atoms with van der Waals surface area (Å²) in [5.74, 6) is 0.463. The van der Waals surface area contributed by atoms with Crippen molar-refractivity contribution in [3.05, 3.63) is 54.4 Å². The van der Waals surface area contributed by atoms with Crippen LogP contribution in [0.3, 0.4) is 0 Å². The number of hydrogen-bond donors (Lipinski definition) is 1. The van der Waals surface area contributed by atoms with Crippen molar-refractivity contribution in [3.8, 4) is 17.2 Å². The summed E-state index contributed by atoms with van der Waals surface area (Å²) in [6, 6.07) is 15.3. The number of carbonyl (C=O) groups excluding carboxylic acids is 1. The van der Waals surface area contributed by atoms with Crippen molar-refractivity contribution in [2.24, 2.45) is 11.8 Å². The second-order valence-corrected chi connectivity index (χ2v) is 11.9. The van der Waals surface area contributed by atoms with E-state index in [1.54, 1.807) is 0 Å². The molecule has 2 aromatic heterocycles. The number of likely N-dealkylation sites (tertiary alicyclic amines) is 1. The Balaban J connectivity index is 1.13. The molecule has 1 saturated carbocycles. The molecule has 1 N–H and O–H groups in total. The van der Waals surface area contributed by atoms with Gasteiger partial charge in [0.05, 0.1) is 17.3 Å². The molecule has 0 unspecified atom stereocenters. The maximum absolute atomic E-state index is 13.1. The summed E-state index contributed by atoms with van der Waals surface area (Å²) in [4.78, 5) is 19.8. The van der Waals surface area contributed by atoms with Gasteiger partial charge in [0.2, 0.25) is 5.91 Å². The van der Waals surface area contributed by atoms with Crippen molar-refractivity contribution < 1.29 is 9.90 Å². The lowest BCUT2D eigenvalue weighted by Crippen LogP contribution is -2.61. The molecule has 0 radical (unpaired) electrons. The Morgan fingerprint density at radius 1 is 1.03 bits per heavy atom. The zero-order valence-electron chi connectivity index (χ0n) is 23.0. The molecule has 3 aromatic rings. The Labute approximate surface area is 230 Å². The number of anilines is 1. The van der Waals surface area contributed by atoms with Crippen LogP contribution in [0, 0.1) is 23.2 Å². The van der Waals surface area contributed by atoms with E-state index in [1.165, 1.54) is 0 Å². The van der Waals surface area contributed by atoms with E-state index in [4.69, 9.17) is 5.26 Å². The number of nitriles is 1. The molecule has 2 saturated heterocycles. The minimum Gasteiger partial charge on any atom is -0.382 e. The Morgan fingerprint density at radius 2 is 1.72 bits per heavy atom. The van der Waals surface area contributed by atoms with Crippen LogP contribution in [0.1, 0.15) is 45.1 Å². The van der Waals surface area contributed by atoms with Gasteiger partial charge >= 0.3 is 0 Å². The molecule has 8 heteroatoms. The maximum Gasteiger partial charge on any atom is 0.225 e. The van der Waals surface area contributed by atoms with Crippen LogP contribution < -0.4 is 4.90 Å². The number of aliphatic hydroxyl groups is 1. The molecule has 1 aliphatic carbocycles. The van der Waals surface area contributed by atoms with Gasteiger partial charge in [-0.15, -0.1) is 0 Å². The van der Waals surface area contributed by atoms with E-state index in [2.05, 4.69) is 65.3 Å². The molecule has 2 aliphatic heterocycles. The highest BCUT2D eigenvalue weighted by Gasteiger charge is 2.43. The van der Waals surface area contributed by atoms with E-state index in [-0.39, 0.29) is 17.7 Å². The summed E-state index contributed by atoms with van der Waals surface area (Å²) in [7, 11) is 0. The van der Waals surface area contributed by atoms with E-state index in [9.17, 15) is 9.90 Å². The number of piperazine rings is 1. The van der Waals surface area contributed by atoms with Crippen LogP contribution in [0.4, 0.5) is 5.69 Å². The summed E-state index contributed by atoms with van der Waals surface area (Å²) in [5.41, 5.74) is 4.58. The second kappa shape index (κ2) is 10.3. The van der Waals surface area contributed by atoms with Crippen LogP contribution in [0.2, 0.25) is 0 Å². The summed E-state index contributed by atoms with van der Waals surface area (Å²) >= 11 is 0. The average molecular weight is 527 g/mol. The van der Waals surface area contributed by atoms with E-state index in [0.29, 0.717) is 19.1 Å². The average Bonchev–Trinajstić information content (AvgIpc) is 3.40. The van der Waals surface area contributed by atoms with Crippen LogP contribution in [0.25, 0.3) is 16.6 Å². The first-order valence-corrected chi connectivity index (χ1v) is 14.3. The highest BCUT2D eigenvalue weighted by Crippen LogP contribution is 2.35. The molecule has 1 aromatic carbocycles. The minimum absolute atomic E-state index is 0.0764. The summed E-state index contributed by atoms with van der Waals surface area (Å²) < 4.78 is 1.93. The monoisotopic (exact) mass is 526 g/mol. The topological polar surface area (TPSA) is 88.1 Å². The van der Waals surface area contributed by atoms with Crippen LogP contribution in [0.15, 0.2) is 48.8 Å². The zero-order valence-corrected chi connectivity index (χ0v) is 23.0. The molecule has 6 rings (SSSR count). The van der Waals surface area contributed by atoms with E-state index in [1.807, 2.05) is 27.7 Å². The van der Waals surface area contributed by atoms with E-state index < -0.39 is 5.60 Å². The number of nitrogens with zero attached hydrogens (tertiary/aromatic N) is 6. The lowest BCUT2D eigenvalue weighted by atomic mass is 9.82. The second-order valence-electron chi connectivity index (χ2n) is 11.9. The molecule has 0 spiro atoms. The number of amides is 1. The first-order valence-electron chi connectivity index (χ1n) is 14.3. The summed E-state index contributed by atoms with van der Waals surface area (Å²) in [6.07, 6.45) is 7.27.